The van der Waals surface area contributed by atoms with E-state index in [4.69, 9.17) is 11.6 Å². The van der Waals surface area contributed by atoms with Gasteiger partial charge in [-0.1, -0.05) is 54.1 Å². The van der Waals surface area contributed by atoms with Gasteiger partial charge in [0.05, 0.1) is 16.9 Å². The van der Waals surface area contributed by atoms with Gasteiger partial charge in [0.25, 0.3) is 5.91 Å². The van der Waals surface area contributed by atoms with Crippen LogP contribution in [0.15, 0.2) is 78.0 Å². The van der Waals surface area contributed by atoms with Crippen LogP contribution in [0.25, 0.3) is 16.9 Å². The number of benzene rings is 2. The van der Waals surface area contributed by atoms with Crippen molar-refractivity contribution in [2.45, 2.75) is 4.90 Å². The zero-order chi connectivity index (χ0) is 23.0. The third kappa shape index (κ3) is 3.88. The van der Waals surface area contributed by atoms with Gasteiger partial charge in [0.1, 0.15) is 10.5 Å². The first-order valence-electron chi connectivity index (χ1n) is 10.4. The number of piperazine rings is 1. The number of amides is 1. The largest absolute Gasteiger partial charge is 0.336 e. The van der Waals surface area contributed by atoms with Gasteiger partial charge in [-0.2, -0.15) is 9.40 Å². The summed E-state index contributed by atoms with van der Waals surface area (Å²) in [6.07, 6.45) is 3.17. The molecule has 8 nitrogen and oxygen atoms in total. The van der Waals surface area contributed by atoms with Gasteiger partial charge in [0, 0.05) is 37.9 Å². The van der Waals surface area contributed by atoms with Crippen LogP contribution in [-0.2, 0) is 10.0 Å². The van der Waals surface area contributed by atoms with Crippen LogP contribution < -0.4 is 0 Å². The lowest BCUT2D eigenvalue weighted by molar-refractivity contribution is 0.0699. The van der Waals surface area contributed by atoms with Crippen LogP contribution in [-0.4, -0.2) is 64.3 Å². The van der Waals surface area contributed by atoms with E-state index < -0.39 is 10.0 Å². The van der Waals surface area contributed by atoms with Gasteiger partial charge in [-0.05, 0) is 18.2 Å². The van der Waals surface area contributed by atoms with E-state index in [0.29, 0.717) is 11.2 Å². The number of hydrogen-bond donors (Lipinski definition) is 0. The number of aromatic nitrogens is 3. The summed E-state index contributed by atoms with van der Waals surface area (Å²) in [5, 5.41) is 4.58. The second-order valence-corrected chi connectivity index (χ2v) is 9.93. The SMILES string of the molecule is O=C(c1cnn2c(-c3ccccc3)ccnc12)N1CCN(S(=O)(=O)c2ccccc2Cl)CC1. The van der Waals surface area contributed by atoms with E-state index in [9.17, 15) is 13.2 Å². The van der Waals surface area contributed by atoms with E-state index in [0.717, 1.165) is 11.3 Å². The minimum Gasteiger partial charge on any atom is -0.336 e. The van der Waals surface area contributed by atoms with E-state index >= 15 is 0 Å². The monoisotopic (exact) mass is 481 g/mol. The lowest BCUT2D eigenvalue weighted by Gasteiger charge is -2.34. The van der Waals surface area contributed by atoms with Crippen LogP contribution in [0.1, 0.15) is 10.4 Å². The van der Waals surface area contributed by atoms with Crippen LogP contribution in [0.2, 0.25) is 5.02 Å². The average molecular weight is 482 g/mol. The van der Waals surface area contributed by atoms with Crippen molar-refractivity contribution < 1.29 is 13.2 Å². The standard InChI is InChI=1S/C23H20ClN5O3S/c24-19-8-4-5-9-21(19)33(31,32)28-14-12-27(13-15-28)23(30)18-16-26-29-20(10-11-25-22(18)29)17-6-2-1-3-7-17/h1-11,16H,12-15H2. The molecule has 0 saturated carbocycles. The van der Waals surface area contributed by atoms with Crippen LogP contribution in [0.5, 0.6) is 0 Å². The Bertz CT molecular complexity index is 1430. The van der Waals surface area contributed by atoms with Gasteiger partial charge < -0.3 is 4.90 Å². The summed E-state index contributed by atoms with van der Waals surface area (Å²) in [6, 6.07) is 18.0. The normalized spacial score (nSPS) is 15.1. The molecular weight excluding hydrogens is 462 g/mol. The molecule has 33 heavy (non-hydrogen) atoms. The predicted molar refractivity (Wildman–Crippen MR) is 125 cm³/mol. The van der Waals surface area contributed by atoms with Gasteiger partial charge in [-0.3, -0.25) is 4.79 Å². The number of hydrogen-bond acceptors (Lipinski definition) is 5. The number of carbonyl (C=O) groups is 1. The molecule has 1 fully saturated rings. The third-order valence-electron chi connectivity index (χ3n) is 5.68. The van der Waals surface area contributed by atoms with Crippen molar-refractivity contribution in [3.63, 3.8) is 0 Å². The maximum Gasteiger partial charge on any atom is 0.259 e. The van der Waals surface area contributed by atoms with Crippen molar-refractivity contribution >= 4 is 33.2 Å². The van der Waals surface area contributed by atoms with Crippen molar-refractivity contribution in [1.82, 2.24) is 23.8 Å². The molecule has 4 aromatic rings. The molecule has 10 heteroatoms. The fraction of sp³-hybridized carbons (Fsp3) is 0.174. The molecule has 3 heterocycles. The highest BCUT2D eigenvalue weighted by Crippen LogP contribution is 2.26. The highest BCUT2D eigenvalue weighted by Gasteiger charge is 2.32. The zero-order valence-corrected chi connectivity index (χ0v) is 19.1. The molecule has 1 saturated heterocycles. The summed E-state index contributed by atoms with van der Waals surface area (Å²) in [5.74, 6) is -0.225. The van der Waals surface area contributed by atoms with E-state index in [1.165, 1.54) is 16.6 Å². The summed E-state index contributed by atoms with van der Waals surface area (Å²) >= 11 is 6.10. The molecule has 0 bridgehead atoms. The number of rotatable bonds is 4. The first kappa shape index (κ1) is 21.6. The number of fused-ring (bicyclic) bond motifs is 1. The van der Waals surface area contributed by atoms with Gasteiger partial charge in [-0.25, -0.2) is 17.9 Å². The Kier molecular flexibility index (Phi) is 5.61. The third-order valence-corrected chi connectivity index (χ3v) is 8.08. The molecule has 0 aliphatic carbocycles. The smallest absolute Gasteiger partial charge is 0.259 e. The lowest BCUT2D eigenvalue weighted by Crippen LogP contribution is -2.50. The Morgan fingerprint density at radius 1 is 0.909 bits per heavy atom. The molecule has 0 spiro atoms. The number of nitrogens with zero attached hydrogens (tertiary/aromatic N) is 5. The Morgan fingerprint density at radius 2 is 1.61 bits per heavy atom. The average Bonchev–Trinajstić information content (AvgIpc) is 3.29. The predicted octanol–water partition coefficient (Wildman–Crippen LogP) is 3.20. The van der Waals surface area contributed by atoms with Crippen molar-refractivity contribution in [2.24, 2.45) is 0 Å². The van der Waals surface area contributed by atoms with E-state index in [2.05, 4.69) is 10.1 Å². The molecule has 0 radical (unpaired) electrons. The second kappa shape index (κ2) is 8.58. The summed E-state index contributed by atoms with van der Waals surface area (Å²) in [5.41, 5.74) is 2.64. The molecule has 5 rings (SSSR count). The van der Waals surface area contributed by atoms with Crippen LogP contribution in [0.3, 0.4) is 0 Å². The van der Waals surface area contributed by atoms with Gasteiger partial charge in [0.2, 0.25) is 10.0 Å². The maximum absolute atomic E-state index is 13.2. The van der Waals surface area contributed by atoms with Crippen molar-refractivity contribution in [3.8, 4) is 11.3 Å². The summed E-state index contributed by atoms with van der Waals surface area (Å²) in [4.78, 5) is 19.3. The Morgan fingerprint density at radius 3 is 2.33 bits per heavy atom. The number of sulfonamides is 1. The lowest BCUT2D eigenvalue weighted by atomic mass is 10.1. The fourth-order valence-electron chi connectivity index (χ4n) is 3.96. The Balaban J connectivity index is 1.36. The molecule has 168 valence electrons. The number of halogens is 1. The van der Waals surface area contributed by atoms with Crippen LogP contribution >= 0.6 is 11.6 Å². The molecular formula is C23H20ClN5O3S. The second-order valence-electron chi connectivity index (χ2n) is 7.62. The van der Waals surface area contributed by atoms with Gasteiger partial charge >= 0.3 is 0 Å². The van der Waals surface area contributed by atoms with Crippen molar-refractivity contribution in [2.75, 3.05) is 26.2 Å². The molecule has 0 N–H and O–H groups in total. The van der Waals surface area contributed by atoms with Gasteiger partial charge in [0.15, 0.2) is 5.65 Å². The molecule has 0 unspecified atom stereocenters. The van der Waals surface area contributed by atoms with Crippen molar-refractivity contribution in [1.29, 1.82) is 0 Å². The zero-order valence-electron chi connectivity index (χ0n) is 17.5. The minimum absolute atomic E-state index is 0.0757. The first-order chi connectivity index (χ1) is 16.0. The molecule has 1 amide bonds. The topological polar surface area (TPSA) is 87.9 Å². The minimum atomic E-state index is -3.73. The summed E-state index contributed by atoms with van der Waals surface area (Å²) in [6.45, 7) is 0.888. The Hall–Kier alpha value is -3.27. The molecule has 1 aliphatic rings. The first-order valence-corrected chi connectivity index (χ1v) is 12.2. The quantitative estimate of drug-likeness (QED) is 0.446. The highest BCUT2D eigenvalue weighted by molar-refractivity contribution is 7.89. The van der Waals surface area contributed by atoms with Crippen LogP contribution in [0, 0.1) is 0 Å². The van der Waals surface area contributed by atoms with Gasteiger partial charge in [-0.15, -0.1) is 0 Å². The van der Waals surface area contributed by atoms with E-state index in [-0.39, 0.29) is 42.0 Å². The van der Waals surface area contributed by atoms with Crippen molar-refractivity contribution in [3.05, 3.63) is 83.6 Å². The molecule has 2 aromatic heterocycles. The molecule has 1 aliphatic heterocycles. The summed E-state index contributed by atoms with van der Waals surface area (Å²) in [7, 11) is -3.73. The number of carbonyl (C=O) groups excluding carboxylic acids is 1. The summed E-state index contributed by atoms with van der Waals surface area (Å²) < 4.78 is 29.0. The maximum atomic E-state index is 13.2. The van der Waals surface area contributed by atoms with Crippen LogP contribution in [0.4, 0.5) is 0 Å². The van der Waals surface area contributed by atoms with E-state index in [1.54, 1.807) is 33.8 Å². The fourth-order valence-corrected chi connectivity index (χ4v) is 5.88. The highest BCUT2D eigenvalue weighted by atomic mass is 35.5. The van der Waals surface area contributed by atoms with E-state index in [1.807, 2.05) is 36.4 Å². The molecule has 0 atom stereocenters. The Labute approximate surface area is 196 Å². The molecule has 2 aromatic carbocycles.